The molecule has 0 radical (unpaired) electrons. The number of methoxy groups -OCH3 is 1. The van der Waals surface area contributed by atoms with Gasteiger partial charge in [0.1, 0.15) is 11.6 Å². The molecule has 0 heterocycles. The van der Waals surface area contributed by atoms with Crippen LogP contribution in [0, 0.1) is 12.7 Å². The number of guanidine groups is 1. The average Bonchev–Trinajstić information content (AvgIpc) is 2.71. The van der Waals surface area contributed by atoms with Crippen LogP contribution in [0.3, 0.4) is 0 Å². The molecule has 2 rings (SSSR count). The summed E-state index contributed by atoms with van der Waals surface area (Å²) in [6.45, 7) is 4.18. The molecule has 0 aliphatic heterocycles. The number of halogens is 2. The molecular weight excluding hydrogens is 498 g/mol. The van der Waals surface area contributed by atoms with Gasteiger partial charge in [0.15, 0.2) is 5.96 Å². The third-order valence-electron chi connectivity index (χ3n) is 4.53. The first kappa shape index (κ1) is 25.7. The van der Waals surface area contributed by atoms with Crippen LogP contribution in [0.5, 0.6) is 5.75 Å². The molecule has 0 aromatic heterocycles. The van der Waals surface area contributed by atoms with E-state index in [-0.39, 0.29) is 48.3 Å². The second kappa shape index (κ2) is 12.4. The molecule has 0 saturated heterocycles. The highest BCUT2D eigenvalue weighted by Crippen LogP contribution is 2.16. The lowest BCUT2D eigenvalue weighted by atomic mass is 10.1. The van der Waals surface area contributed by atoms with Gasteiger partial charge in [0.2, 0.25) is 5.91 Å². The molecule has 1 amide bonds. The van der Waals surface area contributed by atoms with Gasteiger partial charge >= 0.3 is 0 Å². The molecule has 0 bridgehead atoms. The number of ether oxygens (including phenoxy) is 1. The number of carbonyl (C=O) groups excluding carboxylic acids is 1. The Balaban J connectivity index is 0.00000450. The van der Waals surface area contributed by atoms with Gasteiger partial charge in [-0.3, -0.25) is 4.79 Å². The largest absolute Gasteiger partial charge is 0.497 e. The summed E-state index contributed by atoms with van der Waals surface area (Å²) >= 11 is 0. The van der Waals surface area contributed by atoms with Crippen LogP contribution in [0.4, 0.5) is 4.39 Å². The SMILES string of the molecule is COc1ccc(CN=C(NCC(=O)N(C)C)NC(C)c2ccc(C)c(F)c2)cc1.I. The summed E-state index contributed by atoms with van der Waals surface area (Å²) in [5, 5.41) is 6.29. The van der Waals surface area contributed by atoms with E-state index in [1.807, 2.05) is 37.3 Å². The minimum atomic E-state index is -0.247. The highest BCUT2D eigenvalue weighted by Gasteiger charge is 2.12. The van der Waals surface area contributed by atoms with Crippen molar-refractivity contribution in [1.29, 1.82) is 0 Å². The minimum absolute atomic E-state index is 0. The molecule has 2 N–H and O–H groups in total. The number of aliphatic imine (C=N–C) groups is 1. The van der Waals surface area contributed by atoms with E-state index >= 15 is 0 Å². The first-order valence-corrected chi connectivity index (χ1v) is 9.44. The first-order chi connectivity index (χ1) is 13.8. The Bertz CT molecular complexity index is 857. The summed E-state index contributed by atoms with van der Waals surface area (Å²) in [6, 6.07) is 12.6. The van der Waals surface area contributed by atoms with Crippen molar-refractivity contribution >= 4 is 35.8 Å². The van der Waals surface area contributed by atoms with Crippen LogP contribution < -0.4 is 15.4 Å². The van der Waals surface area contributed by atoms with E-state index in [1.165, 1.54) is 11.0 Å². The third-order valence-corrected chi connectivity index (χ3v) is 4.53. The lowest BCUT2D eigenvalue weighted by Gasteiger charge is -2.20. The maximum absolute atomic E-state index is 13.9. The molecule has 0 aliphatic carbocycles. The van der Waals surface area contributed by atoms with E-state index in [9.17, 15) is 9.18 Å². The van der Waals surface area contributed by atoms with E-state index in [0.717, 1.165) is 16.9 Å². The van der Waals surface area contributed by atoms with E-state index in [0.29, 0.717) is 18.1 Å². The number of hydrogen-bond acceptors (Lipinski definition) is 3. The topological polar surface area (TPSA) is 66.0 Å². The van der Waals surface area contributed by atoms with Gasteiger partial charge in [0.25, 0.3) is 0 Å². The predicted molar refractivity (Wildman–Crippen MR) is 129 cm³/mol. The van der Waals surface area contributed by atoms with E-state index in [1.54, 1.807) is 34.2 Å². The Morgan fingerprint density at radius 1 is 1.20 bits per heavy atom. The number of aryl methyl sites for hydroxylation is 1. The van der Waals surface area contributed by atoms with Gasteiger partial charge in [-0.15, -0.1) is 24.0 Å². The monoisotopic (exact) mass is 528 g/mol. The fourth-order valence-electron chi connectivity index (χ4n) is 2.54. The molecule has 6 nitrogen and oxygen atoms in total. The van der Waals surface area contributed by atoms with E-state index in [2.05, 4.69) is 15.6 Å². The Morgan fingerprint density at radius 2 is 1.87 bits per heavy atom. The Hall–Kier alpha value is -2.36. The summed E-state index contributed by atoms with van der Waals surface area (Å²) < 4.78 is 19.1. The van der Waals surface area contributed by atoms with Crippen LogP contribution in [0.25, 0.3) is 0 Å². The number of hydrogen-bond donors (Lipinski definition) is 2. The van der Waals surface area contributed by atoms with Crippen molar-refractivity contribution in [2.75, 3.05) is 27.7 Å². The van der Waals surface area contributed by atoms with Crippen molar-refractivity contribution in [3.63, 3.8) is 0 Å². The molecule has 1 atom stereocenters. The maximum atomic E-state index is 13.9. The van der Waals surface area contributed by atoms with Gasteiger partial charge in [0, 0.05) is 14.1 Å². The van der Waals surface area contributed by atoms with Gasteiger partial charge in [-0.25, -0.2) is 9.38 Å². The quantitative estimate of drug-likeness (QED) is 0.327. The second-order valence-corrected chi connectivity index (χ2v) is 7.03. The van der Waals surface area contributed by atoms with Crippen molar-refractivity contribution in [2.45, 2.75) is 26.4 Å². The molecule has 0 aliphatic rings. The van der Waals surface area contributed by atoms with Crippen LogP contribution >= 0.6 is 24.0 Å². The molecule has 164 valence electrons. The summed E-state index contributed by atoms with van der Waals surface area (Å²) in [5.41, 5.74) is 2.40. The number of benzene rings is 2. The molecule has 0 saturated carbocycles. The Kier molecular flexibility index (Phi) is 10.6. The van der Waals surface area contributed by atoms with Crippen LogP contribution in [-0.2, 0) is 11.3 Å². The van der Waals surface area contributed by atoms with Crippen molar-refractivity contribution in [3.8, 4) is 5.75 Å². The van der Waals surface area contributed by atoms with Gasteiger partial charge in [-0.05, 0) is 48.7 Å². The predicted octanol–water partition coefficient (Wildman–Crippen LogP) is 3.65. The third kappa shape index (κ3) is 7.81. The van der Waals surface area contributed by atoms with Gasteiger partial charge in [-0.1, -0.05) is 24.3 Å². The summed E-state index contributed by atoms with van der Waals surface area (Å²) in [5.74, 6) is 0.937. The highest BCUT2D eigenvalue weighted by molar-refractivity contribution is 14.0. The molecule has 30 heavy (non-hydrogen) atoms. The average molecular weight is 528 g/mol. The highest BCUT2D eigenvalue weighted by atomic mass is 127. The first-order valence-electron chi connectivity index (χ1n) is 9.44. The molecule has 0 spiro atoms. The van der Waals surface area contributed by atoms with Gasteiger partial charge in [-0.2, -0.15) is 0 Å². The fraction of sp³-hybridized carbons (Fsp3) is 0.364. The number of carbonyl (C=O) groups is 1. The number of amides is 1. The van der Waals surface area contributed by atoms with Crippen LogP contribution in [-0.4, -0.2) is 44.5 Å². The van der Waals surface area contributed by atoms with Crippen molar-refractivity contribution in [2.24, 2.45) is 4.99 Å². The lowest BCUT2D eigenvalue weighted by molar-refractivity contribution is -0.127. The van der Waals surface area contributed by atoms with E-state index in [4.69, 9.17) is 4.74 Å². The molecule has 2 aromatic rings. The van der Waals surface area contributed by atoms with Crippen LogP contribution in [0.2, 0.25) is 0 Å². The molecular formula is C22H30FIN4O2. The second-order valence-electron chi connectivity index (χ2n) is 7.03. The summed E-state index contributed by atoms with van der Waals surface area (Å²) in [7, 11) is 5.02. The summed E-state index contributed by atoms with van der Waals surface area (Å²) in [6.07, 6.45) is 0. The zero-order chi connectivity index (χ0) is 21.4. The van der Waals surface area contributed by atoms with Gasteiger partial charge in [0.05, 0.1) is 26.2 Å². The molecule has 1 unspecified atom stereocenters. The van der Waals surface area contributed by atoms with Gasteiger partial charge < -0.3 is 20.3 Å². The normalized spacial score (nSPS) is 11.9. The van der Waals surface area contributed by atoms with Crippen molar-refractivity contribution in [3.05, 3.63) is 65.0 Å². The minimum Gasteiger partial charge on any atom is -0.497 e. The van der Waals surface area contributed by atoms with Crippen molar-refractivity contribution in [1.82, 2.24) is 15.5 Å². The standard InChI is InChI=1S/C22H29FN4O2.HI/c1-15-6-9-18(12-20(15)23)16(2)26-22(25-14-21(28)27(3)4)24-13-17-7-10-19(29-5)11-8-17;/h6-12,16H,13-14H2,1-5H3,(H2,24,25,26);1H. The Labute approximate surface area is 194 Å². The zero-order valence-electron chi connectivity index (χ0n) is 18.0. The van der Waals surface area contributed by atoms with Crippen LogP contribution in [0.15, 0.2) is 47.5 Å². The fourth-order valence-corrected chi connectivity index (χ4v) is 2.54. The number of nitrogens with one attached hydrogen (secondary N) is 2. The molecule has 0 fully saturated rings. The van der Waals surface area contributed by atoms with E-state index < -0.39 is 0 Å². The molecule has 2 aromatic carbocycles. The Morgan fingerprint density at radius 3 is 2.43 bits per heavy atom. The van der Waals surface area contributed by atoms with Crippen LogP contribution in [0.1, 0.15) is 29.7 Å². The zero-order valence-corrected chi connectivity index (χ0v) is 20.4. The maximum Gasteiger partial charge on any atom is 0.241 e. The van der Waals surface area contributed by atoms with Crippen molar-refractivity contribution < 1.29 is 13.9 Å². The summed E-state index contributed by atoms with van der Waals surface area (Å²) in [4.78, 5) is 18.0. The number of likely N-dealkylation sites (N-methyl/N-ethyl adjacent to an activating group) is 1. The smallest absolute Gasteiger partial charge is 0.241 e. The molecule has 8 heteroatoms. The lowest BCUT2D eigenvalue weighted by Crippen LogP contribution is -2.43. The number of nitrogens with zero attached hydrogens (tertiary/aromatic N) is 2. The number of rotatable bonds is 7.